The third-order valence-electron chi connectivity index (χ3n) is 5.74. The molecule has 24 heavy (non-hydrogen) atoms. The molecule has 1 aliphatic carbocycles. The summed E-state index contributed by atoms with van der Waals surface area (Å²) in [6.45, 7) is 7.49. The molecule has 0 heterocycles. The van der Waals surface area contributed by atoms with E-state index in [9.17, 15) is 19.8 Å². The van der Waals surface area contributed by atoms with Gasteiger partial charge in [0.25, 0.3) is 0 Å². The molecule has 1 atom stereocenters. The second-order valence-corrected chi connectivity index (χ2v) is 6.30. The van der Waals surface area contributed by atoms with Gasteiger partial charge in [0.15, 0.2) is 5.41 Å². The van der Waals surface area contributed by atoms with Crippen molar-refractivity contribution in [2.75, 3.05) is 7.11 Å². The lowest BCUT2D eigenvalue weighted by Gasteiger charge is -2.51. The lowest BCUT2D eigenvalue weighted by molar-refractivity contribution is -0.174. The first-order chi connectivity index (χ1) is 11.3. The van der Waals surface area contributed by atoms with E-state index < -0.39 is 22.8 Å². The van der Waals surface area contributed by atoms with Crippen LogP contribution < -0.4 is 4.74 Å². The predicted octanol–water partition coefficient (Wildman–Crippen LogP) is 3.58. The van der Waals surface area contributed by atoms with Crippen molar-refractivity contribution in [1.82, 2.24) is 0 Å². The zero-order chi connectivity index (χ0) is 18.1. The second-order valence-electron chi connectivity index (χ2n) is 6.30. The Bertz CT molecular complexity index is 658. The van der Waals surface area contributed by atoms with E-state index in [0.29, 0.717) is 18.6 Å². The largest absolute Gasteiger partial charge is 0.497 e. The number of methoxy groups -OCH3 is 1. The molecule has 1 aromatic rings. The summed E-state index contributed by atoms with van der Waals surface area (Å²) < 4.78 is 5.30. The number of hydrogen-bond acceptors (Lipinski definition) is 3. The third kappa shape index (κ3) is 2.14. The molecule has 0 aliphatic heterocycles. The molecule has 1 aromatic carbocycles. The van der Waals surface area contributed by atoms with Crippen LogP contribution in [-0.2, 0) is 15.0 Å². The zero-order valence-electron chi connectivity index (χ0n) is 14.3. The Hall–Kier alpha value is -2.30. The first-order valence-corrected chi connectivity index (χ1v) is 8.12. The normalized spacial score (nSPS) is 20.7. The van der Waals surface area contributed by atoms with E-state index in [2.05, 4.69) is 6.58 Å². The number of hydrogen-bond donors (Lipinski definition) is 2. The molecule has 2 N–H and O–H groups in total. The molecule has 5 heteroatoms. The van der Waals surface area contributed by atoms with E-state index in [1.54, 1.807) is 12.1 Å². The van der Waals surface area contributed by atoms with E-state index >= 15 is 0 Å². The van der Waals surface area contributed by atoms with Gasteiger partial charge in [-0.3, -0.25) is 9.59 Å². The van der Waals surface area contributed by atoms with Crippen molar-refractivity contribution in [2.45, 2.75) is 44.4 Å². The van der Waals surface area contributed by atoms with Crippen molar-refractivity contribution in [2.24, 2.45) is 5.41 Å². The molecule has 1 unspecified atom stereocenters. The van der Waals surface area contributed by atoms with Crippen molar-refractivity contribution in [3.05, 3.63) is 42.0 Å². The van der Waals surface area contributed by atoms with E-state index in [0.717, 1.165) is 11.1 Å². The number of carboxylic acids is 2. The maximum Gasteiger partial charge on any atom is 0.322 e. The number of benzene rings is 1. The van der Waals surface area contributed by atoms with Crippen molar-refractivity contribution < 1.29 is 24.5 Å². The maximum atomic E-state index is 12.2. The Labute approximate surface area is 142 Å². The van der Waals surface area contributed by atoms with Crippen molar-refractivity contribution in [3.8, 4) is 5.75 Å². The molecular weight excluding hydrogens is 308 g/mol. The van der Waals surface area contributed by atoms with Crippen LogP contribution in [0.1, 0.15) is 50.2 Å². The lowest BCUT2D eigenvalue weighted by atomic mass is 9.49. The van der Waals surface area contributed by atoms with Crippen molar-refractivity contribution in [3.63, 3.8) is 0 Å². The average Bonchev–Trinajstić information content (AvgIpc) is 2.59. The Morgan fingerprint density at radius 3 is 2.29 bits per heavy atom. The zero-order valence-corrected chi connectivity index (χ0v) is 14.3. The molecule has 0 fully saturated rings. The van der Waals surface area contributed by atoms with Gasteiger partial charge in [0.2, 0.25) is 0 Å². The van der Waals surface area contributed by atoms with Gasteiger partial charge in [0, 0.05) is 11.3 Å². The summed E-state index contributed by atoms with van der Waals surface area (Å²) in [5.41, 5.74) is -1.22. The Kier molecular flexibility index (Phi) is 4.74. The molecule has 0 amide bonds. The molecule has 0 saturated carbocycles. The highest BCUT2D eigenvalue weighted by atomic mass is 16.5. The van der Waals surface area contributed by atoms with Gasteiger partial charge in [-0.2, -0.15) is 0 Å². The molecule has 0 bridgehead atoms. The number of carbonyl (C=O) groups is 2. The van der Waals surface area contributed by atoms with Crippen LogP contribution in [0.5, 0.6) is 5.75 Å². The first kappa shape index (κ1) is 18.0. The van der Waals surface area contributed by atoms with E-state index in [4.69, 9.17) is 4.74 Å². The van der Waals surface area contributed by atoms with Crippen molar-refractivity contribution >= 4 is 11.9 Å². The molecule has 0 saturated heterocycles. The highest BCUT2D eigenvalue weighted by Gasteiger charge is 2.64. The van der Waals surface area contributed by atoms with Crippen LogP contribution in [0.2, 0.25) is 0 Å². The predicted molar refractivity (Wildman–Crippen MR) is 90.5 cm³/mol. The summed E-state index contributed by atoms with van der Waals surface area (Å²) in [6, 6.07) is 5.51. The van der Waals surface area contributed by atoms with E-state index in [-0.39, 0.29) is 12.3 Å². The Morgan fingerprint density at radius 2 is 1.88 bits per heavy atom. The summed E-state index contributed by atoms with van der Waals surface area (Å²) in [6.07, 6.45) is 2.46. The summed E-state index contributed by atoms with van der Waals surface area (Å²) in [4.78, 5) is 24.5. The number of aliphatic carboxylic acids is 2. The van der Waals surface area contributed by atoms with Gasteiger partial charge in [-0.1, -0.05) is 26.0 Å². The van der Waals surface area contributed by atoms with Crippen LogP contribution in [0, 0.1) is 5.41 Å². The monoisotopic (exact) mass is 332 g/mol. The molecule has 130 valence electrons. The molecule has 2 rings (SSSR count). The smallest absolute Gasteiger partial charge is 0.322 e. The molecule has 5 nitrogen and oxygen atoms in total. The SMILES string of the molecule is C=CC1CC(C(=O)O)(C(=O)O)C(CC)(CC)c2cc(OC)ccc21. The van der Waals surface area contributed by atoms with Crippen LogP contribution >= 0.6 is 0 Å². The minimum atomic E-state index is -1.89. The number of ether oxygens (including phenoxy) is 1. The van der Waals surface area contributed by atoms with Gasteiger partial charge in [0.1, 0.15) is 5.75 Å². The van der Waals surface area contributed by atoms with Crippen molar-refractivity contribution in [1.29, 1.82) is 0 Å². The van der Waals surface area contributed by atoms with Crippen LogP contribution in [0.4, 0.5) is 0 Å². The summed E-state index contributed by atoms with van der Waals surface area (Å²) in [5.74, 6) is -2.32. The van der Waals surface area contributed by atoms with Crippen LogP contribution in [0.3, 0.4) is 0 Å². The fraction of sp³-hybridized carbons (Fsp3) is 0.474. The molecule has 0 spiro atoms. The number of allylic oxidation sites excluding steroid dienone is 1. The molecule has 1 aliphatic rings. The average molecular weight is 332 g/mol. The van der Waals surface area contributed by atoms with Gasteiger partial charge in [-0.05, 0) is 42.5 Å². The first-order valence-electron chi connectivity index (χ1n) is 8.12. The highest BCUT2D eigenvalue weighted by molar-refractivity contribution is 6.01. The number of fused-ring (bicyclic) bond motifs is 1. The van der Waals surface area contributed by atoms with E-state index in [1.807, 2.05) is 26.0 Å². The maximum absolute atomic E-state index is 12.2. The quantitative estimate of drug-likeness (QED) is 0.614. The Morgan fingerprint density at radius 1 is 1.29 bits per heavy atom. The minimum Gasteiger partial charge on any atom is -0.497 e. The van der Waals surface area contributed by atoms with Gasteiger partial charge in [-0.15, -0.1) is 6.58 Å². The highest BCUT2D eigenvalue weighted by Crippen LogP contribution is 2.58. The standard InChI is InChI=1S/C19H24O5/c1-5-12-11-19(16(20)21,17(22)23)18(6-2,7-3)15-10-13(24-4)8-9-14(12)15/h5,8-10,12H,1,6-7,11H2,2-4H3,(H,20,21)(H,22,23). The van der Waals surface area contributed by atoms with Gasteiger partial charge in [0.05, 0.1) is 7.11 Å². The topological polar surface area (TPSA) is 83.8 Å². The van der Waals surface area contributed by atoms with Crippen LogP contribution in [0.25, 0.3) is 0 Å². The number of rotatable bonds is 6. The molecular formula is C19H24O5. The minimum absolute atomic E-state index is 0.00216. The molecule has 0 aromatic heterocycles. The van der Waals surface area contributed by atoms with Gasteiger partial charge < -0.3 is 14.9 Å². The summed E-state index contributed by atoms with van der Waals surface area (Å²) >= 11 is 0. The second kappa shape index (κ2) is 6.30. The molecule has 0 radical (unpaired) electrons. The van der Waals surface area contributed by atoms with Gasteiger partial charge >= 0.3 is 11.9 Å². The van der Waals surface area contributed by atoms with Crippen LogP contribution in [0.15, 0.2) is 30.9 Å². The Balaban J connectivity index is 2.93. The summed E-state index contributed by atoms with van der Waals surface area (Å²) in [5, 5.41) is 20.0. The van der Waals surface area contributed by atoms with Crippen LogP contribution in [-0.4, -0.2) is 29.3 Å². The fourth-order valence-electron chi connectivity index (χ4n) is 4.39. The van der Waals surface area contributed by atoms with Gasteiger partial charge in [-0.25, -0.2) is 0 Å². The third-order valence-corrected chi connectivity index (χ3v) is 5.74. The number of carboxylic acid groups (broad SMARTS) is 2. The summed E-state index contributed by atoms with van der Waals surface area (Å²) in [7, 11) is 1.54. The lowest BCUT2D eigenvalue weighted by Crippen LogP contribution is -2.58. The fourth-order valence-corrected chi connectivity index (χ4v) is 4.39. The van der Waals surface area contributed by atoms with E-state index in [1.165, 1.54) is 7.11 Å².